The first-order valence-electron chi connectivity index (χ1n) is 15.5. The molecule has 0 aliphatic carbocycles. The molecule has 11 heteroatoms. The molecule has 0 radical (unpaired) electrons. The molecule has 1 saturated heterocycles. The lowest BCUT2D eigenvalue weighted by Gasteiger charge is -2.46. The number of piperidine rings is 1. The van der Waals surface area contributed by atoms with Gasteiger partial charge in [0.05, 0.1) is 37.0 Å². The number of amides is 2. The molecule has 2 amide bonds. The number of benzene rings is 1. The number of carbonyl (C=O) groups excluding carboxylic acids is 3. The van der Waals surface area contributed by atoms with Gasteiger partial charge in [-0.05, 0) is 83.9 Å². The van der Waals surface area contributed by atoms with Gasteiger partial charge in [0.25, 0.3) is 0 Å². The van der Waals surface area contributed by atoms with Crippen LogP contribution in [0.25, 0.3) is 0 Å². The van der Waals surface area contributed by atoms with Crippen molar-refractivity contribution in [2.24, 2.45) is 17.8 Å². The molecule has 1 fully saturated rings. The summed E-state index contributed by atoms with van der Waals surface area (Å²) in [7, 11) is 3.22. The van der Waals surface area contributed by atoms with Crippen molar-refractivity contribution >= 4 is 18.2 Å². The Bertz CT molecular complexity index is 1170. The summed E-state index contributed by atoms with van der Waals surface area (Å²) < 4.78 is 33.2. The molecular formula is C34H53NO10. The van der Waals surface area contributed by atoms with Crippen LogP contribution in [0.2, 0.25) is 0 Å². The first kappa shape index (κ1) is 37.9. The van der Waals surface area contributed by atoms with E-state index in [9.17, 15) is 19.5 Å². The lowest BCUT2D eigenvalue weighted by atomic mass is 9.75. The fourth-order valence-corrected chi connectivity index (χ4v) is 5.33. The van der Waals surface area contributed by atoms with Crippen LogP contribution in [0.3, 0.4) is 0 Å². The van der Waals surface area contributed by atoms with Crippen LogP contribution in [0.1, 0.15) is 80.2 Å². The molecule has 0 saturated carbocycles. The SMILES string of the molecule is C=C(C)OC(=O)N1C(=O)C(C(C)(C)O)C[C@H](OC(=O)OC(C)(C)C)[C@@H]1C[C@H](Cc1ccc(OC)c(OCCCOC)c1)C(C)C. The predicted octanol–water partition coefficient (Wildman–Crippen LogP) is 6.29. The number of aliphatic hydroxyl groups is 1. The van der Waals surface area contributed by atoms with Gasteiger partial charge in [-0.2, -0.15) is 0 Å². The van der Waals surface area contributed by atoms with E-state index in [1.54, 1.807) is 35.0 Å². The van der Waals surface area contributed by atoms with Gasteiger partial charge >= 0.3 is 12.2 Å². The first-order chi connectivity index (χ1) is 20.9. The van der Waals surface area contributed by atoms with Crippen molar-refractivity contribution in [3.05, 3.63) is 36.1 Å². The topological polar surface area (TPSA) is 130 Å². The van der Waals surface area contributed by atoms with Gasteiger partial charge in [-0.3, -0.25) is 4.79 Å². The monoisotopic (exact) mass is 635 g/mol. The summed E-state index contributed by atoms with van der Waals surface area (Å²) in [4.78, 5) is 41.2. The first-order valence-corrected chi connectivity index (χ1v) is 15.5. The number of carbonyl (C=O) groups is 3. The predicted molar refractivity (Wildman–Crippen MR) is 169 cm³/mol. The molecule has 1 aromatic rings. The molecule has 0 bridgehead atoms. The molecule has 1 aromatic carbocycles. The maximum atomic E-state index is 13.9. The van der Waals surface area contributed by atoms with E-state index in [-0.39, 0.29) is 30.4 Å². The van der Waals surface area contributed by atoms with Gasteiger partial charge in [-0.1, -0.05) is 26.5 Å². The third kappa shape index (κ3) is 11.5. The number of ether oxygens (including phenoxy) is 6. The highest BCUT2D eigenvalue weighted by Gasteiger charge is 2.52. The van der Waals surface area contributed by atoms with E-state index < -0.39 is 47.4 Å². The molecule has 4 atom stereocenters. The lowest BCUT2D eigenvalue weighted by Crippen LogP contribution is -2.62. The number of allylic oxidation sites excluding steroid dienone is 1. The van der Waals surface area contributed by atoms with Crippen molar-refractivity contribution < 1.29 is 47.9 Å². The highest BCUT2D eigenvalue weighted by molar-refractivity contribution is 5.95. The van der Waals surface area contributed by atoms with Crippen molar-refractivity contribution in [2.75, 3.05) is 27.4 Å². The van der Waals surface area contributed by atoms with E-state index in [1.807, 2.05) is 18.2 Å². The summed E-state index contributed by atoms with van der Waals surface area (Å²) in [5.41, 5.74) is -1.38. The Hall–Kier alpha value is -3.31. The highest BCUT2D eigenvalue weighted by atomic mass is 16.7. The molecule has 1 aliphatic rings. The third-order valence-electron chi connectivity index (χ3n) is 7.68. The molecule has 1 unspecified atom stereocenters. The molecule has 0 spiro atoms. The Morgan fingerprint density at radius 1 is 1.09 bits per heavy atom. The second kappa shape index (κ2) is 16.3. The van der Waals surface area contributed by atoms with Crippen molar-refractivity contribution in [3.8, 4) is 11.5 Å². The molecule has 45 heavy (non-hydrogen) atoms. The fourth-order valence-electron chi connectivity index (χ4n) is 5.33. The van der Waals surface area contributed by atoms with Crippen molar-refractivity contribution in [2.45, 2.75) is 104 Å². The summed E-state index contributed by atoms with van der Waals surface area (Å²) in [6.45, 7) is 18.4. The van der Waals surface area contributed by atoms with E-state index in [1.165, 1.54) is 20.8 Å². The Labute approximate surface area is 268 Å². The molecule has 1 heterocycles. The van der Waals surface area contributed by atoms with Gasteiger partial charge < -0.3 is 33.5 Å². The summed E-state index contributed by atoms with van der Waals surface area (Å²) in [6.07, 6.45) is -1.27. The Kier molecular flexibility index (Phi) is 13.7. The van der Waals surface area contributed by atoms with E-state index in [4.69, 9.17) is 28.4 Å². The Morgan fingerprint density at radius 3 is 2.29 bits per heavy atom. The third-order valence-corrected chi connectivity index (χ3v) is 7.68. The summed E-state index contributed by atoms with van der Waals surface area (Å²) in [6, 6.07) is 4.83. The lowest BCUT2D eigenvalue weighted by molar-refractivity contribution is -0.160. The molecule has 2 rings (SSSR count). The van der Waals surface area contributed by atoms with Gasteiger partial charge in [-0.25, -0.2) is 14.5 Å². The average Bonchev–Trinajstić information content (AvgIpc) is 2.90. The van der Waals surface area contributed by atoms with Gasteiger partial charge in [0.1, 0.15) is 11.7 Å². The molecule has 11 nitrogen and oxygen atoms in total. The van der Waals surface area contributed by atoms with Crippen molar-refractivity contribution in [3.63, 3.8) is 0 Å². The van der Waals surface area contributed by atoms with Gasteiger partial charge in [0.15, 0.2) is 11.5 Å². The van der Waals surface area contributed by atoms with Crippen LogP contribution in [0.5, 0.6) is 11.5 Å². The van der Waals surface area contributed by atoms with Crippen LogP contribution >= 0.6 is 0 Å². The van der Waals surface area contributed by atoms with Crippen molar-refractivity contribution in [1.29, 1.82) is 0 Å². The summed E-state index contributed by atoms with van der Waals surface area (Å²) >= 11 is 0. The number of likely N-dealkylation sites (tertiary alicyclic amines) is 1. The Morgan fingerprint density at radius 2 is 1.76 bits per heavy atom. The van der Waals surface area contributed by atoms with E-state index in [0.717, 1.165) is 16.9 Å². The van der Waals surface area contributed by atoms with E-state index >= 15 is 0 Å². The number of hydrogen-bond donors (Lipinski definition) is 1. The van der Waals surface area contributed by atoms with Crippen LogP contribution < -0.4 is 9.47 Å². The maximum Gasteiger partial charge on any atom is 0.509 e. The number of nitrogens with zero attached hydrogens (tertiary/aromatic N) is 1. The summed E-state index contributed by atoms with van der Waals surface area (Å²) in [5.74, 6) is -0.336. The smallest absolute Gasteiger partial charge is 0.493 e. The van der Waals surface area contributed by atoms with Crippen LogP contribution in [0.4, 0.5) is 9.59 Å². The maximum absolute atomic E-state index is 13.9. The van der Waals surface area contributed by atoms with E-state index in [2.05, 4.69) is 20.4 Å². The van der Waals surface area contributed by atoms with Crippen LogP contribution in [0, 0.1) is 17.8 Å². The van der Waals surface area contributed by atoms with Crippen molar-refractivity contribution in [1.82, 2.24) is 4.90 Å². The van der Waals surface area contributed by atoms with Gasteiger partial charge in [-0.15, -0.1) is 0 Å². The minimum absolute atomic E-state index is 0.00406. The zero-order chi connectivity index (χ0) is 34.1. The average molecular weight is 636 g/mol. The number of hydrogen-bond acceptors (Lipinski definition) is 10. The normalized spacial score (nSPS) is 19.6. The number of rotatable bonds is 14. The van der Waals surface area contributed by atoms with E-state index in [0.29, 0.717) is 31.1 Å². The molecule has 1 aliphatic heterocycles. The number of methoxy groups -OCH3 is 2. The minimum atomic E-state index is -1.51. The van der Waals surface area contributed by atoms with Crippen LogP contribution in [-0.4, -0.2) is 78.9 Å². The van der Waals surface area contributed by atoms with Gasteiger partial charge in [0, 0.05) is 26.6 Å². The van der Waals surface area contributed by atoms with Gasteiger partial charge in [0.2, 0.25) is 5.91 Å². The molecule has 0 aromatic heterocycles. The summed E-state index contributed by atoms with van der Waals surface area (Å²) in [5, 5.41) is 10.9. The largest absolute Gasteiger partial charge is 0.509 e. The molecule has 254 valence electrons. The van der Waals surface area contributed by atoms with Crippen LogP contribution in [-0.2, 0) is 30.2 Å². The zero-order valence-electron chi connectivity index (χ0n) is 28.6. The number of imide groups is 1. The Balaban J connectivity index is 2.51. The van der Waals surface area contributed by atoms with Crippen LogP contribution in [0.15, 0.2) is 30.5 Å². The molecular weight excluding hydrogens is 582 g/mol. The zero-order valence-corrected chi connectivity index (χ0v) is 28.6. The highest BCUT2D eigenvalue weighted by Crippen LogP contribution is 2.39. The fraction of sp³-hybridized carbons (Fsp3) is 0.676. The standard InChI is InChI=1S/C34H53NO10/c1-21(2)24(17-23-13-14-27(41-11)29(18-23)42-16-12-15-40-10)19-26-28(44-32(38)45-33(5,6)7)20-25(34(8,9)39)30(36)35(26)31(37)43-22(3)4/h13-14,18,21,24-26,28,39H,3,12,15-17,19-20H2,1-2,4-11H3/t24-,25?,26-,28-/m0/s1. The second-order valence-electron chi connectivity index (χ2n) is 13.5. The molecule has 1 N–H and O–H groups in total. The minimum Gasteiger partial charge on any atom is -0.493 e. The quantitative estimate of drug-likeness (QED) is 0.141. The second-order valence-corrected chi connectivity index (χ2v) is 13.5.